The minimum atomic E-state index is 0.342. The third-order valence-corrected chi connectivity index (χ3v) is 2.57. The summed E-state index contributed by atoms with van der Waals surface area (Å²) in [6.07, 6.45) is 2.86. The average molecular weight is 169 g/mol. The zero-order chi connectivity index (χ0) is 9.14. The molecule has 1 rings (SSSR count). The van der Waals surface area contributed by atoms with Crippen molar-refractivity contribution >= 4 is 5.91 Å². The second-order valence-corrected chi connectivity index (χ2v) is 3.99. The van der Waals surface area contributed by atoms with Gasteiger partial charge < -0.3 is 4.90 Å². The van der Waals surface area contributed by atoms with E-state index in [1.807, 2.05) is 4.90 Å². The van der Waals surface area contributed by atoms with E-state index in [1.165, 1.54) is 6.42 Å². The van der Waals surface area contributed by atoms with Crippen molar-refractivity contribution in [2.24, 2.45) is 5.92 Å². The minimum absolute atomic E-state index is 0.342. The Bertz CT molecular complexity index is 167. The number of nitrogens with zero attached hydrogens (tertiary/aromatic N) is 1. The summed E-state index contributed by atoms with van der Waals surface area (Å²) in [6, 6.07) is 0.471. The second kappa shape index (κ2) is 3.92. The molecule has 1 aliphatic heterocycles. The fraction of sp³-hybridized carbons (Fsp3) is 0.900. The van der Waals surface area contributed by atoms with Crippen molar-refractivity contribution in [1.82, 2.24) is 4.90 Å². The van der Waals surface area contributed by atoms with Crippen LogP contribution in [0.4, 0.5) is 0 Å². The Kier molecular flexibility index (Phi) is 3.12. The van der Waals surface area contributed by atoms with Crippen LogP contribution < -0.4 is 0 Å². The molecule has 0 aliphatic carbocycles. The second-order valence-electron chi connectivity index (χ2n) is 3.99. The van der Waals surface area contributed by atoms with Crippen LogP contribution in [0, 0.1) is 5.92 Å². The van der Waals surface area contributed by atoms with Crippen LogP contribution in [-0.2, 0) is 4.79 Å². The lowest BCUT2D eigenvalue weighted by atomic mass is 10.1. The molecule has 2 nitrogen and oxygen atoms in total. The van der Waals surface area contributed by atoms with Gasteiger partial charge in [-0.15, -0.1) is 0 Å². The third kappa shape index (κ3) is 1.99. The van der Waals surface area contributed by atoms with Crippen LogP contribution >= 0.6 is 0 Å². The van der Waals surface area contributed by atoms with Crippen molar-refractivity contribution in [2.45, 2.75) is 46.1 Å². The van der Waals surface area contributed by atoms with Gasteiger partial charge in [-0.2, -0.15) is 0 Å². The molecular weight excluding hydrogens is 150 g/mol. The van der Waals surface area contributed by atoms with Crippen LogP contribution in [0.5, 0.6) is 0 Å². The van der Waals surface area contributed by atoms with Gasteiger partial charge in [0.1, 0.15) is 0 Å². The van der Waals surface area contributed by atoms with Gasteiger partial charge in [0.25, 0.3) is 0 Å². The number of hydrogen-bond donors (Lipinski definition) is 0. The first-order valence-corrected chi connectivity index (χ1v) is 4.94. The molecule has 12 heavy (non-hydrogen) atoms. The standard InChI is InChI=1S/C10H19NO/c1-4-5-10(12)11-7-8(2)6-9(11)3/h8-9H,4-7H2,1-3H3. The van der Waals surface area contributed by atoms with E-state index in [0.717, 1.165) is 19.4 Å². The van der Waals surface area contributed by atoms with Crippen LogP contribution in [0.3, 0.4) is 0 Å². The highest BCUT2D eigenvalue weighted by Crippen LogP contribution is 2.22. The van der Waals surface area contributed by atoms with Crippen LogP contribution in [0.25, 0.3) is 0 Å². The lowest BCUT2D eigenvalue weighted by Crippen LogP contribution is -2.33. The molecule has 1 saturated heterocycles. The number of amides is 1. The first kappa shape index (κ1) is 9.56. The molecule has 2 atom stereocenters. The van der Waals surface area contributed by atoms with E-state index in [0.29, 0.717) is 17.9 Å². The highest BCUT2D eigenvalue weighted by molar-refractivity contribution is 5.76. The lowest BCUT2D eigenvalue weighted by Gasteiger charge is -2.20. The topological polar surface area (TPSA) is 20.3 Å². The smallest absolute Gasteiger partial charge is 0.222 e. The summed E-state index contributed by atoms with van der Waals surface area (Å²) in [5.74, 6) is 1.04. The molecule has 1 amide bonds. The minimum Gasteiger partial charge on any atom is -0.340 e. The molecule has 1 fully saturated rings. The first-order valence-electron chi connectivity index (χ1n) is 4.94. The fourth-order valence-corrected chi connectivity index (χ4v) is 2.00. The zero-order valence-electron chi connectivity index (χ0n) is 8.34. The summed E-state index contributed by atoms with van der Waals surface area (Å²) in [5.41, 5.74) is 0. The summed E-state index contributed by atoms with van der Waals surface area (Å²) in [7, 11) is 0. The van der Waals surface area contributed by atoms with E-state index in [-0.39, 0.29) is 0 Å². The van der Waals surface area contributed by atoms with E-state index in [4.69, 9.17) is 0 Å². The number of rotatable bonds is 2. The molecule has 2 unspecified atom stereocenters. The van der Waals surface area contributed by atoms with Gasteiger partial charge in [-0.1, -0.05) is 13.8 Å². The maximum atomic E-state index is 11.5. The largest absolute Gasteiger partial charge is 0.340 e. The van der Waals surface area contributed by atoms with Crippen LogP contribution in [0.1, 0.15) is 40.0 Å². The summed E-state index contributed by atoms with van der Waals surface area (Å²) >= 11 is 0. The number of carbonyl (C=O) groups is 1. The number of hydrogen-bond acceptors (Lipinski definition) is 1. The maximum Gasteiger partial charge on any atom is 0.222 e. The van der Waals surface area contributed by atoms with Crippen molar-refractivity contribution < 1.29 is 4.79 Å². The van der Waals surface area contributed by atoms with Gasteiger partial charge in [0, 0.05) is 19.0 Å². The molecule has 0 aromatic heterocycles. The van der Waals surface area contributed by atoms with E-state index in [1.54, 1.807) is 0 Å². The van der Waals surface area contributed by atoms with Crippen molar-refractivity contribution in [3.63, 3.8) is 0 Å². The molecule has 0 aromatic carbocycles. The van der Waals surface area contributed by atoms with Gasteiger partial charge in [0.05, 0.1) is 0 Å². The zero-order valence-corrected chi connectivity index (χ0v) is 8.34. The third-order valence-electron chi connectivity index (χ3n) is 2.57. The molecule has 0 N–H and O–H groups in total. The Balaban J connectivity index is 2.46. The van der Waals surface area contributed by atoms with Gasteiger partial charge in [0.2, 0.25) is 5.91 Å². The van der Waals surface area contributed by atoms with Gasteiger partial charge in [-0.05, 0) is 25.7 Å². The molecule has 2 heteroatoms. The summed E-state index contributed by atoms with van der Waals surface area (Å²) in [5, 5.41) is 0. The monoisotopic (exact) mass is 169 g/mol. The van der Waals surface area contributed by atoms with Crippen molar-refractivity contribution in [3.8, 4) is 0 Å². The Morgan fingerprint density at radius 1 is 1.50 bits per heavy atom. The van der Waals surface area contributed by atoms with Crippen LogP contribution in [0.15, 0.2) is 0 Å². The Hall–Kier alpha value is -0.530. The van der Waals surface area contributed by atoms with Gasteiger partial charge in [-0.25, -0.2) is 0 Å². The molecule has 0 aromatic rings. The van der Waals surface area contributed by atoms with E-state index in [9.17, 15) is 4.79 Å². The molecule has 1 aliphatic rings. The molecule has 0 bridgehead atoms. The molecular formula is C10H19NO. The Labute approximate surface area is 74.9 Å². The van der Waals surface area contributed by atoms with E-state index >= 15 is 0 Å². The molecule has 0 spiro atoms. The highest BCUT2D eigenvalue weighted by Gasteiger charge is 2.28. The summed E-state index contributed by atoms with van der Waals surface area (Å²) < 4.78 is 0. The predicted octanol–water partition coefficient (Wildman–Crippen LogP) is 2.04. The molecule has 0 saturated carbocycles. The van der Waals surface area contributed by atoms with Crippen LogP contribution in [0.2, 0.25) is 0 Å². The summed E-state index contributed by atoms with van der Waals surface area (Å²) in [6.45, 7) is 7.40. The quantitative estimate of drug-likeness (QED) is 0.619. The fourth-order valence-electron chi connectivity index (χ4n) is 2.00. The van der Waals surface area contributed by atoms with Gasteiger partial charge in [-0.3, -0.25) is 4.79 Å². The number of carbonyl (C=O) groups excluding carboxylic acids is 1. The Morgan fingerprint density at radius 2 is 2.17 bits per heavy atom. The van der Waals surface area contributed by atoms with Gasteiger partial charge in [0.15, 0.2) is 0 Å². The van der Waals surface area contributed by atoms with E-state index in [2.05, 4.69) is 20.8 Å². The predicted molar refractivity (Wildman–Crippen MR) is 49.9 cm³/mol. The maximum absolute atomic E-state index is 11.5. The Morgan fingerprint density at radius 3 is 2.58 bits per heavy atom. The SMILES string of the molecule is CCCC(=O)N1CC(C)CC1C. The average Bonchev–Trinajstić information content (AvgIpc) is 2.30. The number of likely N-dealkylation sites (tertiary alicyclic amines) is 1. The molecule has 70 valence electrons. The summed E-state index contributed by atoms with van der Waals surface area (Å²) in [4.78, 5) is 13.6. The highest BCUT2D eigenvalue weighted by atomic mass is 16.2. The van der Waals surface area contributed by atoms with E-state index < -0.39 is 0 Å². The molecule has 0 radical (unpaired) electrons. The van der Waals surface area contributed by atoms with Crippen molar-refractivity contribution in [2.75, 3.05) is 6.54 Å². The normalized spacial score (nSPS) is 29.4. The lowest BCUT2D eigenvalue weighted by molar-refractivity contribution is -0.131. The van der Waals surface area contributed by atoms with Crippen molar-refractivity contribution in [1.29, 1.82) is 0 Å². The van der Waals surface area contributed by atoms with Crippen LogP contribution in [-0.4, -0.2) is 23.4 Å². The first-order chi connectivity index (χ1) is 5.65. The van der Waals surface area contributed by atoms with Crippen molar-refractivity contribution in [3.05, 3.63) is 0 Å². The van der Waals surface area contributed by atoms with Gasteiger partial charge >= 0.3 is 0 Å². The molecule has 1 heterocycles.